The first-order chi connectivity index (χ1) is 21.4. The molecule has 45 heavy (non-hydrogen) atoms. The number of amides is 3. The van der Waals surface area contributed by atoms with Gasteiger partial charge in [-0.3, -0.25) is 19.2 Å². The van der Waals surface area contributed by atoms with E-state index in [1.807, 2.05) is 6.07 Å². The number of piperazine rings is 1. The average Bonchev–Trinajstić information content (AvgIpc) is 3.46. The predicted octanol–water partition coefficient (Wildman–Crippen LogP) is 3.17. The van der Waals surface area contributed by atoms with Crippen LogP contribution in [0.2, 0.25) is 0 Å². The van der Waals surface area contributed by atoms with Gasteiger partial charge < -0.3 is 29.7 Å². The van der Waals surface area contributed by atoms with Crippen LogP contribution in [0.5, 0.6) is 11.6 Å². The molecule has 13 nitrogen and oxygen atoms in total. The quantitative estimate of drug-likeness (QED) is 0.329. The topological polar surface area (TPSA) is 160 Å². The van der Waals surface area contributed by atoms with Gasteiger partial charge in [0.2, 0.25) is 11.8 Å². The van der Waals surface area contributed by atoms with E-state index in [-0.39, 0.29) is 63.0 Å². The largest absolute Gasteiger partial charge is 0.481 e. The minimum Gasteiger partial charge on any atom is -0.481 e. The minimum atomic E-state index is -1.16. The highest BCUT2D eigenvalue weighted by atomic mass is 16.6. The smallest absolute Gasteiger partial charge is 0.415 e. The first-order valence-corrected chi connectivity index (χ1v) is 14.6. The second-order valence-corrected chi connectivity index (χ2v) is 11.5. The fourth-order valence-corrected chi connectivity index (χ4v) is 4.43. The number of hydrogen-bond donors (Lipinski definition) is 2. The first kappa shape index (κ1) is 32.7. The Morgan fingerprint density at radius 1 is 0.911 bits per heavy atom. The number of carboxylic acid groups (broad SMARTS) is 1. The van der Waals surface area contributed by atoms with Crippen LogP contribution in [0.1, 0.15) is 44.1 Å². The van der Waals surface area contributed by atoms with Crippen molar-refractivity contribution in [3.8, 4) is 17.3 Å². The highest BCUT2D eigenvalue weighted by Gasteiger charge is 2.32. The van der Waals surface area contributed by atoms with Crippen molar-refractivity contribution in [3.05, 3.63) is 72.4 Å². The maximum Gasteiger partial charge on any atom is 0.415 e. The summed E-state index contributed by atoms with van der Waals surface area (Å²) in [6, 6.07) is 17.7. The molecule has 2 N–H and O–H groups in total. The lowest BCUT2D eigenvalue weighted by Gasteiger charge is -2.35. The van der Waals surface area contributed by atoms with E-state index < -0.39 is 35.3 Å². The number of ketones is 1. The molecule has 0 aliphatic carbocycles. The maximum atomic E-state index is 13.5. The average molecular weight is 620 g/mol. The molecule has 4 rings (SSSR count). The van der Waals surface area contributed by atoms with E-state index in [2.05, 4.69) is 10.4 Å². The monoisotopic (exact) mass is 619 g/mol. The summed E-state index contributed by atoms with van der Waals surface area (Å²) in [6.07, 6.45) is -1.05. The zero-order chi connectivity index (χ0) is 32.6. The van der Waals surface area contributed by atoms with Crippen LogP contribution in [-0.2, 0) is 14.4 Å². The summed E-state index contributed by atoms with van der Waals surface area (Å²) in [4.78, 5) is 66.3. The molecule has 0 saturated carbocycles. The molecule has 1 unspecified atom stereocenters. The first-order valence-electron chi connectivity index (χ1n) is 14.6. The molecule has 1 aromatic heterocycles. The van der Waals surface area contributed by atoms with Gasteiger partial charge in [-0.2, -0.15) is 5.10 Å². The third kappa shape index (κ3) is 8.91. The van der Waals surface area contributed by atoms with E-state index in [1.165, 1.54) is 20.5 Å². The van der Waals surface area contributed by atoms with Crippen LogP contribution < -0.4 is 14.8 Å². The molecule has 1 atom stereocenters. The lowest BCUT2D eigenvalue weighted by molar-refractivity contribution is -0.138. The number of nitrogens with one attached hydrogen (secondary N) is 1. The lowest BCUT2D eigenvalue weighted by Crippen LogP contribution is -2.56. The van der Waals surface area contributed by atoms with Crippen molar-refractivity contribution in [1.82, 2.24) is 24.9 Å². The second-order valence-electron chi connectivity index (χ2n) is 11.5. The van der Waals surface area contributed by atoms with Crippen LogP contribution in [0.4, 0.5) is 4.79 Å². The van der Waals surface area contributed by atoms with E-state index >= 15 is 0 Å². The number of rotatable bonds is 11. The number of hydrogen-bond acceptors (Lipinski definition) is 8. The summed E-state index contributed by atoms with van der Waals surface area (Å²) >= 11 is 0. The van der Waals surface area contributed by atoms with Crippen molar-refractivity contribution in [1.29, 1.82) is 0 Å². The van der Waals surface area contributed by atoms with Crippen molar-refractivity contribution in [3.63, 3.8) is 0 Å². The van der Waals surface area contributed by atoms with Gasteiger partial charge in [-0.25, -0.2) is 9.48 Å². The van der Waals surface area contributed by atoms with Gasteiger partial charge in [0, 0.05) is 44.1 Å². The van der Waals surface area contributed by atoms with Gasteiger partial charge in [0.05, 0.1) is 5.69 Å². The van der Waals surface area contributed by atoms with Crippen molar-refractivity contribution in [2.24, 2.45) is 5.41 Å². The van der Waals surface area contributed by atoms with E-state index in [9.17, 15) is 29.1 Å². The third-order valence-electron chi connectivity index (χ3n) is 7.15. The van der Waals surface area contributed by atoms with Gasteiger partial charge in [-0.1, -0.05) is 57.2 Å². The highest BCUT2D eigenvalue weighted by molar-refractivity contribution is 5.96. The zero-order valence-electron chi connectivity index (χ0n) is 25.5. The summed E-state index contributed by atoms with van der Waals surface area (Å²) in [7, 11) is 0. The number of carbonyl (C=O) groups is 5. The van der Waals surface area contributed by atoms with Crippen molar-refractivity contribution in [2.45, 2.75) is 39.7 Å². The summed E-state index contributed by atoms with van der Waals surface area (Å²) in [5.74, 6) is -1.91. The number of benzene rings is 2. The van der Waals surface area contributed by atoms with Crippen LogP contribution in [0.15, 0.2) is 66.7 Å². The Labute approximate surface area is 260 Å². The molecule has 2 aromatic carbocycles. The maximum absolute atomic E-state index is 13.5. The van der Waals surface area contributed by atoms with Crippen LogP contribution in [-0.4, -0.2) is 93.2 Å². The van der Waals surface area contributed by atoms with Gasteiger partial charge in [0.15, 0.2) is 11.5 Å². The van der Waals surface area contributed by atoms with Crippen LogP contribution in [0.25, 0.3) is 5.69 Å². The van der Waals surface area contributed by atoms with E-state index in [4.69, 9.17) is 9.47 Å². The molecule has 0 bridgehead atoms. The minimum absolute atomic E-state index is 0.0846. The Kier molecular flexibility index (Phi) is 10.6. The SMILES string of the molecule is CC(C)(C)C(=O)COc1cc(C(=O)NC(CCC(=O)O)C(=O)N2CCN(C(=O)Oc3ccccc3)CC2)nn1-c1ccccc1. The summed E-state index contributed by atoms with van der Waals surface area (Å²) in [5, 5.41) is 16.3. The Morgan fingerprint density at radius 3 is 2.11 bits per heavy atom. The summed E-state index contributed by atoms with van der Waals surface area (Å²) in [5.41, 5.74) is -0.140. The molecule has 3 aromatic rings. The molecular weight excluding hydrogens is 582 g/mol. The molecule has 0 spiro atoms. The van der Waals surface area contributed by atoms with E-state index in [1.54, 1.807) is 75.4 Å². The number of carboxylic acids is 1. The normalized spacial score (nSPS) is 13.9. The molecular formula is C32H37N5O8. The molecule has 13 heteroatoms. The van der Waals surface area contributed by atoms with Crippen LogP contribution in [0.3, 0.4) is 0 Å². The molecule has 1 saturated heterocycles. The van der Waals surface area contributed by atoms with E-state index in [0.29, 0.717) is 11.4 Å². The molecule has 238 valence electrons. The van der Waals surface area contributed by atoms with Gasteiger partial charge in [0.1, 0.15) is 18.4 Å². The molecule has 2 heterocycles. The second kappa shape index (κ2) is 14.5. The van der Waals surface area contributed by atoms with Gasteiger partial charge in [-0.05, 0) is 30.7 Å². The Hall–Kier alpha value is -5.20. The van der Waals surface area contributed by atoms with Gasteiger partial charge >= 0.3 is 12.1 Å². The van der Waals surface area contributed by atoms with Gasteiger partial charge in [-0.15, -0.1) is 0 Å². The van der Waals surface area contributed by atoms with Crippen molar-refractivity contribution < 1.29 is 38.6 Å². The number of ether oxygens (including phenoxy) is 2. The Balaban J connectivity index is 1.46. The number of aliphatic carboxylic acids is 1. The lowest BCUT2D eigenvalue weighted by atomic mass is 9.91. The molecule has 1 aliphatic rings. The standard InChI is InChI=1S/C32H37N5O8/c1-32(2,3)26(38)21-44-27-20-25(34-37(27)22-10-6-4-7-11-22)29(41)33-24(14-15-28(39)40)30(42)35-16-18-36(19-17-35)31(43)45-23-12-8-5-9-13-23/h4-13,20,24H,14-19,21H2,1-3H3,(H,33,41)(H,39,40). The third-order valence-corrected chi connectivity index (χ3v) is 7.15. The molecule has 3 amide bonds. The Morgan fingerprint density at radius 2 is 1.51 bits per heavy atom. The summed E-state index contributed by atoms with van der Waals surface area (Å²) < 4.78 is 12.5. The molecule has 0 radical (unpaired) electrons. The van der Waals surface area contributed by atoms with Gasteiger partial charge in [0.25, 0.3) is 5.91 Å². The number of nitrogens with zero attached hydrogens (tertiary/aromatic N) is 4. The predicted molar refractivity (Wildman–Crippen MR) is 162 cm³/mol. The zero-order valence-corrected chi connectivity index (χ0v) is 25.5. The number of carbonyl (C=O) groups excluding carboxylic acids is 4. The Bertz CT molecular complexity index is 1510. The number of para-hydroxylation sites is 2. The van der Waals surface area contributed by atoms with Crippen LogP contribution in [0, 0.1) is 5.41 Å². The van der Waals surface area contributed by atoms with E-state index in [0.717, 1.165) is 0 Å². The highest BCUT2D eigenvalue weighted by Crippen LogP contribution is 2.22. The summed E-state index contributed by atoms with van der Waals surface area (Å²) in [6.45, 7) is 5.82. The number of Topliss-reactive ketones (excluding diaryl/α,β-unsaturated/α-hetero) is 1. The fourth-order valence-electron chi connectivity index (χ4n) is 4.43. The number of aromatic nitrogens is 2. The molecule has 1 aliphatic heterocycles. The fraction of sp³-hybridized carbons (Fsp3) is 0.375. The molecule has 1 fully saturated rings. The van der Waals surface area contributed by atoms with Crippen LogP contribution >= 0.6 is 0 Å². The van der Waals surface area contributed by atoms with Crippen molar-refractivity contribution >= 4 is 29.7 Å². The van der Waals surface area contributed by atoms with Crippen molar-refractivity contribution in [2.75, 3.05) is 32.8 Å².